The highest BCUT2D eigenvalue weighted by Gasteiger charge is 2.38. The molecule has 0 amide bonds. The number of piperazine rings is 1. The summed E-state index contributed by atoms with van der Waals surface area (Å²) in [5.74, 6) is -1.76. The van der Waals surface area contributed by atoms with Gasteiger partial charge in [-0.15, -0.1) is 0 Å². The first kappa shape index (κ1) is 33.2. The average Bonchev–Trinajstić information content (AvgIpc) is 2.91. The first-order valence-electron chi connectivity index (χ1n) is 12.2. The lowest BCUT2D eigenvalue weighted by Crippen LogP contribution is -2.44. The highest BCUT2D eigenvalue weighted by molar-refractivity contribution is 7.98. The molecule has 0 aliphatic carbocycles. The van der Waals surface area contributed by atoms with Crippen molar-refractivity contribution >= 4 is 29.3 Å². The van der Waals surface area contributed by atoms with E-state index in [2.05, 4.69) is 26.8 Å². The number of halogens is 7. The summed E-state index contributed by atoms with van der Waals surface area (Å²) in [5.41, 5.74) is 0.516. The van der Waals surface area contributed by atoms with E-state index in [4.69, 9.17) is 26.2 Å². The van der Waals surface area contributed by atoms with Gasteiger partial charge in [-0.3, -0.25) is 9.69 Å². The van der Waals surface area contributed by atoms with E-state index >= 15 is 0 Å². The van der Waals surface area contributed by atoms with E-state index in [9.17, 15) is 31.1 Å². The summed E-state index contributed by atoms with van der Waals surface area (Å²) in [5, 5.41) is 7.27. The van der Waals surface area contributed by atoms with Crippen LogP contribution in [0.4, 0.5) is 26.3 Å². The molecule has 1 fully saturated rings. The van der Waals surface area contributed by atoms with Crippen molar-refractivity contribution in [3.8, 4) is 11.5 Å². The van der Waals surface area contributed by atoms with Gasteiger partial charge in [0.05, 0.1) is 10.6 Å². The fourth-order valence-electron chi connectivity index (χ4n) is 3.56. The summed E-state index contributed by atoms with van der Waals surface area (Å²) in [4.78, 5) is 33.1. The number of carbonyl (C=O) groups is 1. The third-order valence-corrected chi connectivity index (χ3v) is 7.15. The molecule has 0 atom stereocenters. The number of rotatable bonds is 7. The lowest BCUT2D eigenvalue weighted by molar-refractivity contribution is -0.192. The van der Waals surface area contributed by atoms with E-state index in [1.54, 1.807) is 18.3 Å². The summed E-state index contributed by atoms with van der Waals surface area (Å²) in [7, 11) is 2.09. The van der Waals surface area contributed by atoms with Crippen LogP contribution >= 0.6 is 23.4 Å². The number of benzene rings is 2. The van der Waals surface area contributed by atoms with Gasteiger partial charge in [0.25, 0.3) is 5.56 Å². The molecule has 42 heavy (non-hydrogen) atoms. The van der Waals surface area contributed by atoms with Crippen molar-refractivity contribution < 1.29 is 41.0 Å². The Kier molecular flexibility index (Phi) is 11.3. The fraction of sp³-hybridized carbons (Fsp3) is 0.346. The number of nitrogens with zero attached hydrogens (tertiary/aromatic N) is 3. The highest BCUT2D eigenvalue weighted by Crippen LogP contribution is 2.37. The maximum atomic E-state index is 13.0. The van der Waals surface area contributed by atoms with Crippen LogP contribution in [0.2, 0.25) is 5.02 Å². The lowest BCUT2D eigenvalue weighted by Gasteiger charge is -2.32. The SMILES string of the molecule is CN1CCN(Cc2cnc(SCc3ccc(Oc4ccc(Cl)c(C(F)(F)F)c4)cc3)[nH]c2=O)CC1.O=C(O)C(F)(F)F. The molecule has 0 spiro atoms. The number of hydrogen-bond acceptors (Lipinski definition) is 7. The van der Waals surface area contributed by atoms with Crippen LogP contribution in [0.5, 0.6) is 11.5 Å². The van der Waals surface area contributed by atoms with E-state index in [1.165, 1.54) is 17.8 Å². The molecule has 2 aromatic carbocycles. The number of hydrogen-bond donors (Lipinski definition) is 2. The molecular formula is C26H25ClF6N4O4S. The smallest absolute Gasteiger partial charge is 0.475 e. The average molecular weight is 639 g/mol. The van der Waals surface area contributed by atoms with Crippen LogP contribution < -0.4 is 10.3 Å². The zero-order chi connectivity index (χ0) is 31.1. The number of aromatic nitrogens is 2. The lowest BCUT2D eigenvalue weighted by atomic mass is 10.2. The van der Waals surface area contributed by atoms with Gasteiger partial charge >= 0.3 is 18.3 Å². The van der Waals surface area contributed by atoms with Crippen LogP contribution in [0.15, 0.2) is 58.6 Å². The van der Waals surface area contributed by atoms with Gasteiger partial charge in [0.2, 0.25) is 0 Å². The zero-order valence-corrected chi connectivity index (χ0v) is 23.5. The molecule has 1 aromatic heterocycles. The maximum Gasteiger partial charge on any atom is 0.490 e. The normalized spacial score (nSPS) is 14.7. The maximum absolute atomic E-state index is 13.0. The quantitative estimate of drug-likeness (QED) is 0.187. The van der Waals surface area contributed by atoms with Crippen LogP contribution in [-0.4, -0.2) is 70.2 Å². The van der Waals surface area contributed by atoms with Crippen molar-refractivity contribution in [3.05, 3.63) is 80.7 Å². The first-order valence-corrected chi connectivity index (χ1v) is 13.5. The van der Waals surface area contributed by atoms with Gasteiger partial charge in [0, 0.05) is 50.2 Å². The third-order valence-electron chi connectivity index (χ3n) is 5.86. The van der Waals surface area contributed by atoms with Gasteiger partial charge in [0.1, 0.15) is 11.5 Å². The van der Waals surface area contributed by atoms with Crippen LogP contribution in [0.25, 0.3) is 0 Å². The van der Waals surface area contributed by atoms with E-state index in [-0.39, 0.29) is 16.3 Å². The molecule has 2 heterocycles. The summed E-state index contributed by atoms with van der Waals surface area (Å²) in [6.07, 6.45) is -8.01. The number of nitrogens with one attached hydrogen (secondary N) is 1. The Morgan fingerprint density at radius 3 is 2.19 bits per heavy atom. The molecule has 0 unspecified atom stereocenters. The second-order valence-electron chi connectivity index (χ2n) is 9.10. The molecule has 1 aliphatic rings. The fourth-order valence-corrected chi connectivity index (χ4v) is 4.58. The number of alkyl halides is 6. The largest absolute Gasteiger partial charge is 0.490 e. The predicted octanol–water partition coefficient (Wildman–Crippen LogP) is 5.91. The van der Waals surface area contributed by atoms with Gasteiger partial charge in [-0.1, -0.05) is 35.5 Å². The third kappa shape index (κ3) is 10.2. The van der Waals surface area contributed by atoms with E-state index in [0.717, 1.165) is 43.9 Å². The van der Waals surface area contributed by atoms with Crippen molar-refractivity contribution in [2.24, 2.45) is 0 Å². The van der Waals surface area contributed by atoms with Crippen LogP contribution in [-0.2, 0) is 23.3 Å². The Morgan fingerprint density at radius 1 is 1.05 bits per heavy atom. The zero-order valence-electron chi connectivity index (χ0n) is 21.9. The minimum atomic E-state index is -5.08. The number of thioether (sulfide) groups is 1. The van der Waals surface area contributed by atoms with E-state index < -0.39 is 23.9 Å². The molecule has 0 bridgehead atoms. The topological polar surface area (TPSA) is 98.8 Å². The molecule has 228 valence electrons. The van der Waals surface area contributed by atoms with E-state index in [0.29, 0.717) is 28.8 Å². The minimum absolute atomic E-state index is 0.0438. The van der Waals surface area contributed by atoms with Crippen LogP contribution in [0.1, 0.15) is 16.7 Å². The molecule has 0 saturated carbocycles. The number of ether oxygens (including phenoxy) is 1. The minimum Gasteiger partial charge on any atom is -0.475 e. The Labute approximate surface area is 245 Å². The van der Waals surface area contributed by atoms with Gasteiger partial charge in [-0.25, -0.2) is 9.78 Å². The van der Waals surface area contributed by atoms with Crippen molar-refractivity contribution in [2.75, 3.05) is 33.2 Å². The standard InChI is InChI=1S/C24H24ClF3N4O2S.C2HF3O2/c1-31-8-10-32(11-9-31)14-17-13-29-23(30-22(17)33)35-15-16-2-4-18(5-3-16)34-19-6-7-21(25)20(12-19)24(26,27)28;3-2(4,5)1(6)7/h2-7,12-13H,8-11,14-15H2,1H3,(H,29,30,33);(H,6,7). The second kappa shape index (κ2) is 14.3. The van der Waals surface area contributed by atoms with Crippen molar-refractivity contribution in [2.45, 2.75) is 29.8 Å². The Morgan fingerprint density at radius 2 is 1.64 bits per heavy atom. The van der Waals surface area contributed by atoms with Crippen molar-refractivity contribution in [3.63, 3.8) is 0 Å². The van der Waals surface area contributed by atoms with Crippen molar-refractivity contribution in [1.29, 1.82) is 0 Å². The molecule has 3 aromatic rings. The Balaban J connectivity index is 0.000000616. The van der Waals surface area contributed by atoms with Gasteiger partial charge < -0.3 is 19.7 Å². The van der Waals surface area contributed by atoms with Gasteiger partial charge in [-0.2, -0.15) is 26.3 Å². The monoisotopic (exact) mass is 638 g/mol. The molecule has 2 N–H and O–H groups in total. The number of H-pyrrole nitrogens is 1. The van der Waals surface area contributed by atoms with Gasteiger partial charge in [0.15, 0.2) is 5.16 Å². The molecule has 0 radical (unpaired) electrons. The molecular weight excluding hydrogens is 614 g/mol. The Hall–Kier alpha value is -3.27. The van der Waals surface area contributed by atoms with Gasteiger partial charge in [-0.05, 0) is 42.9 Å². The molecule has 1 saturated heterocycles. The molecule has 16 heteroatoms. The number of carboxylic acids is 1. The first-order chi connectivity index (χ1) is 19.6. The van der Waals surface area contributed by atoms with Crippen LogP contribution in [0, 0.1) is 0 Å². The second-order valence-corrected chi connectivity index (χ2v) is 10.5. The number of carboxylic acid groups (broad SMARTS) is 1. The van der Waals surface area contributed by atoms with Crippen LogP contribution in [0.3, 0.4) is 0 Å². The number of aliphatic carboxylic acids is 1. The highest BCUT2D eigenvalue weighted by atomic mass is 35.5. The molecule has 1 aliphatic heterocycles. The van der Waals surface area contributed by atoms with Crippen molar-refractivity contribution in [1.82, 2.24) is 19.8 Å². The number of aromatic amines is 1. The predicted molar refractivity (Wildman–Crippen MR) is 144 cm³/mol. The molecule has 8 nitrogen and oxygen atoms in total. The molecule has 4 rings (SSSR count). The Bertz CT molecular complexity index is 1410. The summed E-state index contributed by atoms with van der Waals surface area (Å²) >= 11 is 7.04. The summed E-state index contributed by atoms with van der Waals surface area (Å²) < 4.78 is 76.4. The summed E-state index contributed by atoms with van der Waals surface area (Å²) in [6, 6.07) is 10.4. The summed E-state index contributed by atoms with van der Waals surface area (Å²) in [6.45, 7) is 4.40. The van der Waals surface area contributed by atoms with E-state index in [1.807, 2.05) is 12.1 Å². The number of likely N-dealkylation sites (N-methyl/N-ethyl adjacent to an activating group) is 1.